The molecule has 1 N–H and O–H groups in total. The second-order valence-corrected chi connectivity index (χ2v) is 10.2. The smallest absolute Gasteiger partial charge is 0.231 e. The van der Waals surface area contributed by atoms with Crippen molar-refractivity contribution in [2.75, 3.05) is 31.1 Å². The lowest BCUT2D eigenvalue weighted by atomic mass is 9.86. The van der Waals surface area contributed by atoms with Crippen LogP contribution < -0.4 is 9.64 Å². The molecule has 0 saturated carbocycles. The molecule has 5 rings (SSSR count). The van der Waals surface area contributed by atoms with Crippen molar-refractivity contribution in [3.8, 4) is 11.5 Å². The second kappa shape index (κ2) is 9.19. The van der Waals surface area contributed by atoms with Gasteiger partial charge in [0.15, 0.2) is 5.76 Å². The number of phenols is 1. The van der Waals surface area contributed by atoms with Gasteiger partial charge < -0.3 is 14.7 Å². The van der Waals surface area contributed by atoms with Gasteiger partial charge in [-0.3, -0.25) is 9.69 Å². The van der Waals surface area contributed by atoms with Gasteiger partial charge in [0.25, 0.3) is 0 Å². The molecule has 35 heavy (non-hydrogen) atoms. The van der Waals surface area contributed by atoms with E-state index in [2.05, 4.69) is 47.7 Å². The first-order valence-electron chi connectivity index (χ1n) is 12.1. The van der Waals surface area contributed by atoms with Crippen LogP contribution in [0.1, 0.15) is 47.8 Å². The van der Waals surface area contributed by atoms with Crippen LogP contribution in [0.25, 0.3) is 6.08 Å². The molecule has 0 spiro atoms. The summed E-state index contributed by atoms with van der Waals surface area (Å²) >= 11 is 0. The summed E-state index contributed by atoms with van der Waals surface area (Å²) in [6.07, 6.45) is 3.59. The van der Waals surface area contributed by atoms with Crippen molar-refractivity contribution < 1.29 is 14.6 Å². The molecule has 180 valence electrons. The van der Waals surface area contributed by atoms with Crippen LogP contribution >= 0.6 is 0 Å². The average molecular weight is 470 g/mol. The second-order valence-electron chi connectivity index (χ2n) is 10.2. The summed E-state index contributed by atoms with van der Waals surface area (Å²) in [5.74, 6) is 1.74. The van der Waals surface area contributed by atoms with E-state index in [0.29, 0.717) is 23.4 Å². The maximum atomic E-state index is 13.1. The molecule has 2 aliphatic heterocycles. The Morgan fingerprint density at radius 2 is 1.74 bits per heavy atom. The molecule has 3 aromatic rings. The lowest BCUT2D eigenvalue weighted by Crippen LogP contribution is -2.46. The van der Waals surface area contributed by atoms with E-state index in [0.717, 1.165) is 37.6 Å². The SMILES string of the molecule is CC(C)(C)c1ccc(/C=C2/Oc3c(ccc(O)c3CN3CCN(c4ccccn4)CC3)C2=O)cc1. The number of aromatic nitrogens is 1. The predicted octanol–water partition coefficient (Wildman–Crippen LogP) is 5.02. The van der Waals surface area contributed by atoms with Gasteiger partial charge in [-0.25, -0.2) is 4.98 Å². The molecule has 6 heteroatoms. The van der Waals surface area contributed by atoms with Gasteiger partial charge in [-0.05, 0) is 46.9 Å². The number of anilines is 1. The number of aromatic hydroxyl groups is 1. The van der Waals surface area contributed by atoms with Crippen LogP contribution in [0.4, 0.5) is 5.82 Å². The number of ether oxygens (including phenoxy) is 1. The van der Waals surface area contributed by atoms with Gasteiger partial charge in [-0.2, -0.15) is 0 Å². The Labute approximate surface area is 206 Å². The number of rotatable bonds is 4. The number of piperazine rings is 1. The molecule has 0 amide bonds. The third-order valence-corrected chi connectivity index (χ3v) is 6.72. The fraction of sp³-hybridized carbons (Fsp3) is 0.310. The van der Waals surface area contributed by atoms with Crippen LogP contribution in [0.2, 0.25) is 0 Å². The first-order valence-corrected chi connectivity index (χ1v) is 12.1. The zero-order valence-electron chi connectivity index (χ0n) is 20.5. The summed E-state index contributed by atoms with van der Waals surface area (Å²) < 4.78 is 6.07. The molecule has 0 radical (unpaired) electrons. The summed E-state index contributed by atoms with van der Waals surface area (Å²) in [5, 5.41) is 10.6. The highest BCUT2D eigenvalue weighted by Crippen LogP contribution is 2.40. The summed E-state index contributed by atoms with van der Waals surface area (Å²) in [6.45, 7) is 10.4. The molecule has 1 fully saturated rings. The molecule has 6 nitrogen and oxygen atoms in total. The van der Waals surface area contributed by atoms with Crippen LogP contribution in [0.15, 0.2) is 66.6 Å². The highest BCUT2D eigenvalue weighted by atomic mass is 16.5. The number of benzene rings is 2. The summed E-state index contributed by atoms with van der Waals surface area (Å²) in [6, 6.07) is 17.4. The number of pyridine rings is 1. The number of allylic oxidation sites excluding steroid dienone is 1. The van der Waals surface area contributed by atoms with Gasteiger partial charge >= 0.3 is 0 Å². The molecule has 3 heterocycles. The van der Waals surface area contributed by atoms with E-state index in [1.165, 1.54) is 5.56 Å². The number of carbonyl (C=O) groups excluding carboxylic acids is 1. The molecule has 2 aliphatic rings. The van der Waals surface area contributed by atoms with Gasteiger partial charge in [-0.1, -0.05) is 51.1 Å². The third-order valence-electron chi connectivity index (χ3n) is 6.72. The predicted molar refractivity (Wildman–Crippen MR) is 138 cm³/mol. The Balaban J connectivity index is 1.32. The van der Waals surface area contributed by atoms with Crippen molar-refractivity contribution >= 4 is 17.7 Å². The summed E-state index contributed by atoms with van der Waals surface area (Å²) in [7, 11) is 0. The minimum Gasteiger partial charge on any atom is -0.507 e. The Kier molecular flexibility index (Phi) is 6.07. The third kappa shape index (κ3) is 4.80. The quantitative estimate of drug-likeness (QED) is 0.541. The summed E-state index contributed by atoms with van der Waals surface area (Å²) in [5.41, 5.74) is 3.37. The fourth-order valence-corrected chi connectivity index (χ4v) is 4.58. The molecule has 0 unspecified atom stereocenters. The van der Waals surface area contributed by atoms with E-state index in [-0.39, 0.29) is 22.7 Å². The van der Waals surface area contributed by atoms with Gasteiger partial charge in [-0.15, -0.1) is 0 Å². The topological polar surface area (TPSA) is 65.9 Å². The zero-order chi connectivity index (χ0) is 24.6. The van der Waals surface area contributed by atoms with Crippen LogP contribution in [-0.2, 0) is 12.0 Å². The first kappa shape index (κ1) is 23.1. The lowest BCUT2D eigenvalue weighted by Gasteiger charge is -2.35. The molecule has 1 saturated heterocycles. The van der Waals surface area contributed by atoms with Crippen LogP contribution in [0.5, 0.6) is 11.5 Å². The van der Waals surface area contributed by atoms with Crippen LogP contribution in [0, 0.1) is 0 Å². The molecular weight excluding hydrogens is 438 g/mol. The molecule has 2 aromatic carbocycles. The Morgan fingerprint density at radius 1 is 1.00 bits per heavy atom. The van der Waals surface area contributed by atoms with Crippen molar-refractivity contribution in [1.29, 1.82) is 0 Å². The lowest BCUT2D eigenvalue weighted by molar-refractivity contribution is 0.101. The maximum Gasteiger partial charge on any atom is 0.231 e. The molecule has 0 atom stereocenters. The van der Waals surface area contributed by atoms with Gasteiger partial charge in [0.1, 0.15) is 17.3 Å². The summed E-state index contributed by atoms with van der Waals surface area (Å²) in [4.78, 5) is 22.1. The zero-order valence-corrected chi connectivity index (χ0v) is 20.5. The fourth-order valence-electron chi connectivity index (χ4n) is 4.58. The number of nitrogens with zero attached hydrogens (tertiary/aromatic N) is 3. The van der Waals surface area contributed by atoms with E-state index in [1.807, 2.05) is 36.5 Å². The first-order chi connectivity index (χ1) is 16.8. The molecule has 0 aliphatic carbocycles. The maximum absolute atomic E-state index is 13.1. The van der Waals surface area contributed by atoms with E-state index in [9.17, 15) is 9.90 Å². The van der Waals surface area contributed by atoms with Gasteiger partial charge in [0.2, 0.25) is 5.78 Å². The number of hydrogen-bond donors (Lipinski definition) is 1. The number of Topliss-reactive ketones (excluding diaryl/α,β-unsaturated/α-hetero) is 1. The Hall–Kier alpha value is -3.64. The number of hydrogen-bond acceptors (Lipinski definition) is 6. The number of phenolic OH excluding ortho intramolecular Hbond substituents is 1. The average Bonchev–Trinajstić information content (AvgIpc) is 3.17. The van der Waals surface area contributed by atoms with Crippen molar-refractivity contribution in [3.05, 3.63) is 88.8 Å². The van der Waals surface area contributed by atoms with Gasteiger partial charge in [0.05, 0.1) is 11.1 Å². The van der Waals surface area contributed by atoms with E-state index < -0.39 is 0 Å². The minimum absolute atomic E-state index is 0.0666. The van der Waals surface area contributed by atoms with Crippen LogP contribution in [-0.4, -0.2) is 47.0 Å². The van der Waals surface area contributed by atoms with Crippen LogP contribution in [0.3, 0.4) is 0 Å². The van der Waals surface area contributed by atoms with Crippen molar-refractivity contribution in [2.24, 2.45) is 0 Å². The number of fused-ring (bicyclic) bond motifs is 1. The highest BCUT2D eigenvalue weighted by Gasteiger charge is 2.32. The number of carbonyl (C=O) groups is 1. The normalized spacial score (nSPS) is 17.5. The van der Waals surface area contributed by atoms with E-state index in [4.69, 9.17) is 4.74 Å². The van der Waals surface area contributed by atoms with Crippen molar-refractivity contribution in [1.82, 2.24) is 9.88 Å². The standard InChI is InChI=1S/C29H31N3O3/c1-29(2,3)21-9-7-20(8-10-21)18-25-27(34)22-11-12-24(33)23(28(22)35-25)19-31-14-16-32(17-15-31)26-6-4-5-13-30-26/h4-13,18,33H,14-17,19H2,1-3H3/b25-18+. The Bertz CT molecular complexity index is 1250. The Morgan fingerprint density at radius 3 is 2.40 bits per heavy atom. The van der Waals surface area contributed by atoms with Gasteiger partial charge in [0, 0.05) is 38.9 Å². The van der Waals surface area contributed by atoms with E-state index >= 15 is 0 Å². The molecule has 0 bridgehead atoms. The highest BCUT2D eigenvalue weighted by molar-refractivity contribution is 6.15. The largest absolute Gasteiger partial charge is 0.507 e. The van der Waals surface area contributed by atoms with Crippen molar-refractivity contribution in [2.45, 2.75) is 32.7 Å². The monoisotopic (exact) mass is 469 g/mol. The number of ketones is 1. The van der Waals surface area contributed by atoms with Crippen molar-refractivity contribution in [3.63, 3.8) is 0 Å². The molecule has 1 aromatic heterocycles. The van der Waals surface area contributed by atoms with E-state index in [1.54, 1.807) is 18.2 Å². The molecular formula is C29H31N3O3. The minimum atomic E-state index is -0.152.